The lowest BCUT2D eigenvalue weighted by molar-refractivity contribution is -0.732. The molecule has 3 nitrogen and oxygen atoms in total. The van der Waals surface area contributed by atoms with Crippen molar-refractivity contribution in [1.82, 2.24) is 9.90 Å². The molecule has 1 aromatic heterocycles. The lowest BCUT2D eigenvalue weighted by Crippen LogP contribution is -2.30. The Hall–Kier alpha value is -1.08. The fourth-order valence-electron chi connectivity index (χ4n) is 0.854. The van der Waals surface area contributed by atoms with Crippen molar-refractivity contribution < 1.29 is 21.9 Å². The van der Waals surface area contributed by atoms with Crippen LogP contribution in [0.2, 0.25) is 0 Å². The summed E-state index contributed by atoms with van der Waals surface area (Å²) >= 11 is 0. The molecule has 15 heavy (non-hydrogen) atoms. The van der Waals surface area contributed by atoms with E-state index in [0.717, 1.165) is 6.54 Å². The maximum Gasteiger partial charge on any atom is 0.673 e. The van der Waals surface area contributed by atoms with Crippen molar-refractivity contribution in [3.63, 3.8) is 0 Å². The van der Waals surface area contributed by atoms with Crippen LogP contribution < -0.4 is 4.68 Å². The van der Waals surface area contributed by atoms with E-state index in [0.29, 0.717) is 0 Å². The van der Waals surface area contributed by atoms with Crippen molar-refractivity contribution in [2.75, 3.05) is 0 Å². The van der Waals surface area contributed by atoms with Gasteiger partial charge in [-0.15, -0.1) is 9.36 Å². The maximum atomic E-state index is 9.75. The number of hydrogen-bond donors (Lipinski definition) is 0. The van der Waals surface area contributed by atoms with E-state index in [-0.39, 0.29) is 0 Å². The summed E-state index contributed by atoms with van der Waals surface area (Å²) in [6.45, 7) is 3.22. The Bertz CT molecular complexity index is 267. The average Bonchev–Trinajstić information content (AvgIpc) is 2.45. The minimum Gasteiger partial charge on any atom is -0.418 e. The molecule has 0 N–H and O–H groups in total. The van der Waals surface area contributed by atoms with Crippen molar-refractivity contribution in [2.45, 2.75) is 26.3 Å². The number of aryl methyl sites for hydroxylation is 2. The molecule has 0 atom stereocenters. The summed E-state index contributed by atoms with van der Waals surface area (Å²) in [5, 5.41) is 4.18. The van der Waals surface area contributed by atoms with Crippen LogP contribution in [0, 0.1) is 0 Å². The maximum absolute atomic E-state index is 9.75. The second-order valence-corrected chi connectivity index (χ2v) is 2.97. The van der Waals surface area contributed by atoms with Gasteiger partial charge >= 0.3 is 7.25 Å². The normalized spacial score (nSPS) is 10.8. The molecule has 0 unspecified atom stereocenters. The van der Waals surface area contributed by atoms with Crippen LogP contribution in [0.5, 0.6) is 0 Å². The van der Waals surface area contributed by atoms with Crippen molar-refractivity contribution in [3.05, 3.63) is 12.4 Å². The molecule has 0 bridgehead atoms. The highest BCUT2D eigenvalue weighted by Crippen LogP contribution is 2.06. The van der Waals surface area contributed by atoms with Crippen LogP contribution in [0.25, 0.3) is 0 Å². The number of halogens is 4. The molecule has 0 saturated carbocycles. The molecule has 0 aliphatic heterocycles. The van der Waals surface area contributed by atoms with Gasteiger partial charge in [-0.1, -0.05) is 13.3 Å². The van der Waals surface area contributed by atoms with Gasteiger partial charge in [0.2, 0.25) is 0 Å². The van der Waals surface area contributed by atoms with E-state index < -0.39 is 7.25 Å². The van der Waals surface area contributed by atoms with Gasteiger partial charge < -0.3 is 17.3 Å². The molecule has 0 fully saturated rings. The molecule has 0 amide bonds. The fourth-order valence-corrected chi connectivity index (χ4v) is 0.854. The molecule has 0 aromatic carbocycles. The van der Waals surface area contributed by atoms with Gasteiger partial charge in [-0.25, -0.2) is 0 Å². The molecular weight excluding hydrogens is 213 g/mol. The third-order valence-corrected chi connectivity index (χ3v) is 1.45. The van der Waals surface area contributed by atoms with Crippen LogP contribution in [0.15, 0.2) is 12.4 Å². The Morgan fingerprint density at radius 1 is 1.33 bits per heavy atom. The first kappa shape index (κ1) is 13.9. The smallest absolute Gasteiger partial charge is 0.418 e. The Kier molecular flexibility index (Phi) is 5.96. The first-order chi connectivity index (χ1) is 6.83. The molecule has 88 valence electrons. The van der Waals surface area contributed by atoms with Gasteiger partial charge in [0, 0.05) is 0 Å². The quantitative estimate of drug-likeness (QED) is 0.438. The average molecular weight is 227 g/mol. The number of aromatic nitrogens is 3. The highest BCUT2D eigenvalue weighted by Gasteiger charge is 2.20. The molecule has 1 aromatic rings. The van der Waals surface area contributed by atoms with E-state index in [1.807, 2.05) is 28.8 Å². The predicted octanol–water partition coefficient (Wildman–Crippen LogP) is 1.81. The van der Waals surface area contributed by atoms with Crippen molar-refractivity contribution >= 4 is 7.25 Å². The van der Waals surface area contributed by atoms with E-state index in [1.165, 1.54) is 12.8 Å². The molecule has 1 rings (SSSR count). The topological polar surface area (TPSA) is 21.7 Å². The van der Waals surface area contributed by atoms with Crippen LogP contribution in [0.3, 0.4) is 0 Å². The standard InChI is InChI=1S/C7H14N3.BF4/c1-3-4-5-10-7-6-9(2)8-10;2-1(3,4)5/h6-7H,3-5H2,1-2H3;/q+1;-1. The Labute approximate surface area is 85.8 Å². The summed E-state index contributed by atoms with van der Waals surface area (Å²) in [4.78, 5) is 0. The fraction of sp³-hybridized carbons (Fsp3) is 0.714. The van der Waals surface area contributed by atoms with E-state index in [4.69, 9.17) is 0 Å². The van der Waals surface area contributed by atoms with Crippen LogP contribution in [-0.4, -0.2) is 17.1 Å². The van der Waals surface area contributed by atoms with Gasteiger partial charge in [-0.05, 0) is 6.42 Å². The van der Waals surface area contributed by atoms with Gasteiger partial charge in [0.05, 0.1) is 5.21 Å². The summed E-state index contributed by atoms with van der Waals surface area (Å²) < 4.78 is 42.8. The summed E-state index contributed by atoms with van der Waals surface area (Å²) in [6, 6.07) is 0. The second kappa shape index (κ2) is 6.42. The minimum absolute atomic E-state index is 1.04. The Morgan fingerprint density at radius 3 is 2.20 bits per heavy atom. The molecule has 0 aliphatic rings. The van der Waals surface area contributed by atoms with Gasteiger partial charge in [0.25, 0.3) is 0 Å². The van der Waals surface area contributed by atoms with Crippen molar-refractivity contribution in [2.24, 2.45) is 7.05 Å². The third kappa shape index (κ3) is 10.8. The Morgan fingerprint density at radius 2 is 1.87 bits per heavy atom. The number of nitrogens with zero attached hydrogens (tertiary/aromatic N) is 3. The highest BCUT2D eigenvalue weighted by atomic mass is 19.5. The third-order valence-electron chi connectivity index (χ3n) is 1.45. The van der Waals surface area contributed by atoms with Crippen LogP contribution in [0.4, 0.5) is 17.3 Å². The first-order valence-corrected chi connectivity index (χ1v) is 4.59. The SMILES string of the molecule is CCCCn1cc[n+](C)n1.F[B-](F)(F)F. The first-order valence-electron chi connectivity index (χ1n) is 4.59. The molecule has 0 saturated heterocycles. The molecular formula is C7H14BF4N3. The van der Waals surface area contributed by atoms with Gasteiger partial charge in [-0.2, -0.15) is 0 Å². The zero-order valence-corrected chi connectivity index (χ0v) is 8.71. The Balaban J connectivity index is 0.000000336. The van der Waals surface area contributed by atoms with E-state index in [9.17, 15) is 17.3 Å². The molecule has 0 radical (unpaired) electrons. The monoisotopic (exact) mass is 227 g/mol. The summed E-state index contributed by atoms with van der Waals surface area (Å²) in [5.41, 5.74) is 0. The number of hydrogen-bond acceptors (Lipinski definition) is 1. The van der Waals surface area contributed by atoms with E-state index in [2.05, 4.69) is 12.1 Å². The lowest BCUT2D eigenvalue weighted by Gasteiger charge is -1.94. The summed E-state index contributed by atoms with van der Waals surface area (Å²) in [5.74, 6) is 0. The van der Waals surface area contributed by atoms with Crippen LogP contribution in [-0.2, 0) is 13.6 Å². The number of rotatable bonds is 3. The molecule has 1 heterocycles. The summed E-state index contributed by atoms with van der Waals surface area (Å²) in [6.07, 6.45) is 6.39. The summed E-state index contributed by atoms with van der Waals surface area (Å²) in [7, 11) is -4.07. The predicted molar refractivity (Wildman–Crippen MR) is 48.5 cm³/mol. The van der Waals surface area contributed by atoms with E-state index >= 15 is 0 Å². The lowest BCUT2D eigenvalue weighted by atomic mass is 10.3. The number of unbranched alkanes of at least 4 members (excludes halogenated alkanes) is 1. The molecule has 0 spiro atoms. The zero-order valence-electron chi connectivity index (χ0n) is 8.71. The van der Waals surface area contributed by atoms with Crippen LogP contribution in [0.1, 0.15) is 19.8 Å². The van der Waals surface area contributed by atoms with Crippen molar-refractivity contribution in [1.29, 1.82) is 0 Å². The molecule has 0 aliphatic carbocycles. The largest absolute Gasteiger partial charge is 0.673 e. The minimum atomic E-state index is -6.00. The molecule has 8 heteroatoms. The second-order valence-electron chi connectivity index (χ2n) is 2.97. The van der Waals surface area contributed by atoms with Gasteiger partial charge in [0.15, 0.2) is 12.4 Å². The van der Waals surface area contributed by atoms with Gasteiger partial charge in [0.1, 0.15) is 13.6 Å². The van der Waals surface area contributed by atoms with Gasteiger partial charge in [-0.3, -0.25) is 0 Å². The van der Waals surface area contributed by atoms with Crippen molar-refractivity contribution in [3.8, 4) is 0 Å². The van der Waals surface area contributed by atoms with E-state index in [1.54, 1.807) is 0 Å². The zero-order chi connectivity index (χ0) is 11.9. The highest BCUT2D eigenvalue weighted by molar-refractivity contribution is 6.50. The van der Waals surface area contributed by atoms with Crippen LogP contribution >= 0.6 is 0 Å².